The Bertz CT molecular complexity index is 872. The van der Waals surface area contributed by atoms with Gasteiger partial charge >= 0.3 is 5.97 Å². The zero-order valence-electron chi connectivity index (χ0n) is 17.5. The fourth-order valence-electron chi connectivity index (χ4n) is 3.83. The van der Waals surface area contributed by atoms with Crippen LogP contribution in [-0.2, 0) is 19.7 Å². The summed E-state index contributed by atoms with van der Waals surface area (Å²) in [7, 11) is 1.34. The standard InChI is InChI=1S/C26H27NO3/c1-19(2)23(24(28)30-3)27-25(29)26(20-13-7-4-8-14-20,21-15-9-5-10-16-21)22-17-11-6-12-18-22/h4-19,23H,1-3H3,(H,27,29)/t23-/m1/s1. The molecule has 0 bridgehead atoms. The van der Waals surface area contributed by atoms with Gasteiger partial charge in [0.25, 0.3) is 0 Å². The molecule has 0 aliphatic carbocycles. The summed E-state index contributed by atoms with van der Waals surface area (Å²) < 4.78 is 4.95. The van der Waals surface area contributed by atoms with E-state index >= 15 is 0 Å². The van der Waals surface area contributed by atoms with Gasteiger partial charge in [-0.25, -0.2) is 4.79 Å². The van der Waals surface area contributed by atoms with Crippen molar-refractivity contribution >= 4 is 11.9 Å². The summed E-state index contributed by atoms with van der Waals surface area (Å²) in [5, 5.41) is 2.99. The van der Waals surface area contributed by atoms with Crippen LogP contribution in [0.5, 0.6) is 0 Å². The molecule has 3 aromatic carbocycles. The number of amides is 1. The van der Waals surface area contributed by atoms with Gasteiger partial charge in [0.1, 0.15) is 11.5 Å². The van der Waals surface area contributed by atoms with E-state index in [0.717, 1.165) is 16.7 Å². The van der Waals surface area contributed by atoms with Crippen molar-refractivity contribution in [3.05, 3.63) is 108 Å². The van der Waals surface area contributed by atoms with E-state index in [-0.39, 0.29) is 11.8 Å². The lowest BCUT2D eigenvalue weighted by Crippen LogP contribution is -2.53. The van der Waals surface area contributed by atoms with Crippen LogP contribution in [0.25, 0.3) is 0 Å². The molecule has 0 saturated carbocycles. The van der Waals surface area contributed by atoms with Gasteiger partial charge < -0.3 is 10.1 Å². The van der Waals surface area contributed by atoms with Gasteiger partial charge in [-0.3, -0.25) is 4.79 Å². The Hall–Kier alpha value is -3.40. The van der Waals surface area contributed by atoms with Crippen molar-refractivity contribution in [1.29, 1.82) is 0 Å². The number of methoxy groups -OCH3 is 1. The largest absolute Gasteiger partial charge is 0.467 e. The van der Waals surface area contributed by atoms with Crippen molar-refractivity contribution in [2.24, 2.45) is 5.92 Å². The molecule has 30 heavy (non-hydrogen) atoms. The van der Waals surface area contributed by atoms with Crippen LogP contribution in [0.3, 0.4) is 0 Å². The summed E-state index contributed by atoms with van der Waals surface area (Å²) >= 11 is 0. The highest BCUT2D eigenvalue weighted by atomic mass is 16.5. The average Bonchev–Trinajstić information content (AvgIpc) is 2.79. The molecule has 0 saturated heterocycles. The monoisotopic (exact) mass is 401 g/mol. The molecule has 0 heterocycles. The first-order valence-electron chi connectivity index (χ1n) is 10.1. The van der Waals surface area contributed by atoms with Crippen LogP contribution in [0.1, 0.15) is 30.5 Å². The minimum absolute atomic E-state index is 0.124. The molecule has 4 nitrogen and oxygen atoms in total. The number of carbonyl (C=O) groups is 2. The summed E-state index contributed by atoms with van der Waals surface area (Å²) in [5.41, 5.74) is 1.36. The predicted molar refractivity (Wildman–Crippen MR) is 118 cm³/mol. The summed E-state index contributed by atoms with van der Waals surface area (Å²) in [6.45, 7) is 3.77. The molecule has 4 heteroatoms. The van der Waals surface area contributed by atoms with Crippen molar-refractivity contribution in [1.82, 2.24) is 5.32 Å². The molecule has 1 amide bonds. The van der Waals surface area contributed by atoms with Crippen LogP contribution in [0, 0.1) is 5.92 Å². The molecule has 0 spiro atoms. The van der Waals surface area contributed by atoms with Crippen molar-refractivity contribution in [3.63, 3.8) is 0 Å². The number of rotatable bonds is 7. The van der Waals surface area contributed by atoms with Crippen molar-refractivity contribution < 1.29 is 14.3 Å². The van der Waals surface area contributed by atoms with E-state index in [1.807, 2.05) is 105 Å². The minimum atomic E-state index is -1.12. The predicted octanol–water partition coefficient (Wildman–Crippen LogP) is 4.33. The zero-order valence-corrected chi connectivity index (χ0v) is 17.5. The average molecular weight is 402 g/mol. The molecular formula is C26H27NO3. The Balaban J connectivity index is 2.26. The number of carbonyl (C=O) groups excluding carboxylic acids is 2. The quantitative estimate of drug-likeness (QED) is 0.473. The maximum Gasteiger partial charge on any atom is 0.328 e. The number of hydrogen-bond acceptors (Lipinski definition) is 3. The normalized spacial score (nSPS) is 12.3. The lowest BCUT2D eigenvalue weighted by molar-refractivity contribution is -0.146. The summed E-state index contributed by atoms with van der Waals surface area (Å²) in [6.07, 6.45) is 0. The fourth-order valence-corrected chi connectivity index (χ4v) is 3.83. The van der Waals surface area contributed by atoms with E-state index in [0.29, 0.717) is 0 Å². The zero-order chi connectivity index (χ0) is 21.6. The number of nitrogens with one attached hydrogen (secondary N) is 1. The molecular weight excluding hydrogens is 374 g/mol. The highest BCUT2D eigenvalue weighted by Crippen LogP contribution is 2.39. The maximum atomic E-state index is 14.1. The van der Waals surface area contributed by atoms with E-state index in [4.69, 9.17) is 4.74 Å². The van der Waals surface area contributed by atoms with Crippen LogP contribution < -0.4 is 5.32 Å². The number of esters is 1. The third-order valence-electron chi connectivity index (χ3n) is 5.37. The Labute approximate surface area is 177 Å². The van der Waals surface area contributed by atoms with Crippen LogP contribution in [0.4, 0.5) is 0 Å². The Morgan fingerprint density at radius 3 is 1.40 bits per heavy atom. The first kappa shape index (κ1) is 21.3. The van der Waals surface area contributed by atoms with Crippen molar-refractivity contribution in [2.75, 3.05) is 7.11 Å². The molecule has 0 aliphatic heterocycles. The molecule has 3 aromatic rings. The molecule has 1 N–H and O–H groups in total. The fraction of sp³-hybridized carbons (Fsp3) is 0.231. The summed E-state index contributed by atoms with van der Waals surface area (Å²) in [6, 6.07) is 28.2. The third kappa shape index (κ3) is 3.99. The smallest absolute Gasteiger partial charge is 0.328 e. The second-order valence-corrected chi connectivity index (χ2v) is 7.57. The molecule has 3 rings (SSSR count). The lowest BCUT2D eigenvalue weighted by atomic mass is 9.68. The van der Waals surface area contributed by atoms with Crippen LogP contribution in [0.15, 0.2) is 91.0 Å². The topological polar surface area (TPSA) is 55.4 Å². The molecule has 0 unspecified atom stereocenters. The van der Waals surface area contributed by atoms with Crippen LogP contribution >= 0.6 is 0 Å². The molecule has 1 atom stereocenters. The second-order valence-electron chi connectivity index (χ2n) is 7.57. The van der Waals surface area contributed by atoms with Gasteiger partial charge in [-0.2, -0.15) is 0 Å². The third-order valence-corrected chi connectivity index (χ3v) is 5.37. The van der Waals surface area contributed by atoms with Gasteiger partial charge in [-0.1, -0.05) is 105 Å². The van der Waals surface area contributed by atoms with Crippen LogP contribution in [-0.4, -0.2) is 25.0 Å². The number of hydrogen-bond donors (Lipinski definition) is 1. The SMILES string of the molecule is COC(=O)[C@H](NC(=O)C(c1ccccc1)(c1ccccc1)c1ccccc1)C(C)C. The molecule has 0 aromatic heterocycles. The van der Waals surface area contributed by atoms with Crippen molar-refractivity contribution in [3.8, 4) is 0 Å². The van der Waals surface area contributed by atoms with Gasteiger partial charge in [0.15, 0.2) is 0 Å². The second kappa shape index (κ2) is 9.40. The van der Waals surface area contributed by atoms with E-state index < -0.39 is 17.4 Å². The van der Waals surface area contributed by atoms with Gasteiger partial charge in [-0.05, 0) is 22.6 Å². The summed E-state index contributed by atoms with van der Waals surface area (Å²) in [5.74, 6) is -0.849. The van der Waals surface area contributed by atoms with E-state index in [2.05, 4.69) is 5.32 Å². The van der Waals surface area contributed by atoms with Gasteiger partial charge in [0.05, 0.1) is 7.11 Å². The highest BCUT2D eigenvalue weighted by Gasteiger charge is 2.45. The first-order valence-corrected chi connectivity index (χ1v) is 10.1. The van der Waals surface area contributed by atoms with E-state index in [1.165, 1.54) is 7.11 Å². The molecule has 0 fully saturated rings. The molecule has 0 radical (unpaired) electrons. The van der Waals surface area contributed by atoms with Gasteiger partial charge in [0, 0.05) is 0 Å². The minimum Gasteiger partial charge on any atom is -0.467 e. The summed E-state index contributed by atoms with van der Waals surface area (Å²) in [4.78, 5) is 26.5. The number of benzene rings is 3. The van der Waals surface area contributed by atoms with Crippen LogP contribution in [0.2, 0.25) is 0 Å². The maximum absolute atomic E-state index is 14.1. The molecule has 154 valence electrons. The molecule has 0 aliphatic rings. The van der Waals surface area contributed by atoms with E-state index in [9.17, 15) is 9.59 Å². The lowest BCUT2D eigenvalue weighted by Gasteiger charge is -2.36. The van der Waals surface area contributed by atoms with Crippen molar-refractivity contribution in [2.45, 2.75) is 25.3 Å². The first-order chi connectivity index (χ1) is 14.5. The Morgan fingerprint density at radius 2 is 1.10 bits per heavy atom. The van der Waals surface area contributed by atoms with E-state index in [1.54, 1.807) is 0 Å². The Morgan fingerprint density at radius 1 is 0.733 bits per heavy atom. The van der Waals surface area contributed by atoms with Gasteiger partial charge in [-0.15, -0.1) is 0 Å². The number of ether oxygens (including phenoxy) is 1. The van der Waals surface area contributed by atoms with Gasteiger partial charge in [0.2, 0.25) is 5.91 Å². The highest BCUT2D eigenvalue weighted by molar-refractivity contribution is 5.98. The Kier molecular flexibility index (Phi) is 6.68.